The van der Waals surface area contributed by atoms with Crippen molar-refractivity contribution in [1.29, 1.82) is 0 Å². The normalized spacial score (nSPS) is 14.5. The highest BCUT2D eigenvalue weighted by atomic mass is 32.1. The van der Waals surface area contributed by atoms with E-state index in [9.17, 15) is 9.59 Å². The Morgan fingerprint density at radius 2 is 1.96 bits per heavy atom. The molecule has 7 heteroatoms. The Kier molecular flexibility index (Phi) is 5.17. The van der Waals surface area contributed by atoms with Crippen molar-refractivity contribution in [3.8, 4) is 16.9 Å². The number of rotatable bonds is 5. The van der Waals surface area contributed by atoms with E-state index in [1.165, 1.54) is 15.9 Å². The summed E-state index contributed by atoms with van der Waals surface area (Å²) < 4.78 is 12.1. The number of benzene rings is 1. The van der Waals surface area contributed by atoms with E-state index in [0.717, 1.165) is 42.6 Å². The van der Waals surface area contributed by atoms with Crippen LogP contribution in [-0.2, 0) is 16.1 Å². The van der Waals surface area contributed by atoms with Crippen LogP contribution in [0.5, 0.6) is 5.75 Å². The molecule has 0 aliphatic heterocycles. The van der Waals surface area contributed by atoms with Crippen LogP contribution in [0.1, 0.15) is 31.5 Å². The number of ether oxygens (including phenoxy) is 2. The molecule has 6 nitrogen and oxygen atoms in total. The fourth-order valence-electron chi connectivity index (χ4n) is 3.65. The number of carbonyl (C=O) groups excluding carboxylic acids is 1. The summed E-state index contributed by atoms with van der Waals surface area (Å²) in [5.74, 6) is 0.896. The minimum Gasteiger partial charge on any atom is -0.497 e. The molecule has 2 aromatic heterocycles. The van der Waals surface area contributed by atoms with Crippen molar-refractivity contribution in [2.24, 2.45) is 0 Å². The number of hydrogen-bond donors (Lipinski definition) is 0. The van der Waals surface area contributed by atoms with Crippen molar-refractivity contribution in [1.82, 2.24) is 9.55 Å². The molecule has 4 rings (SSSR count). The van der Waals surface area contributed by atoms with E-state index >= 15 is 0 Å². The lowest BCUT2D eigenvalue weighted by Gasteiger charge is -2.13. The highest BCUT2D eigenvalue weighted by Gasteiger charge is 2.21. The van der Waals surface area contributed by atoms with Crippen LogP contribution in [0.25, 0.3) is 21.3 Å². The molecule has 2 heterocycles. The number of fused-ring (bicyclic) bond motifs is 1. The van der Waals surface area contributed by atoms with E-state index in [4.69, 9.17) is 9.47 Å². The Bertz CT molecular complexity index is 1060. The van der Waals surface area contributed by atoms with Gasteiger partial charge in [-0.15, -0.1) is 11.3 Å². The maximum Gasteiger partial charge on any atom is 0.326 e. The summed E-state index contributed by atoms with van der Waals surface area (Å²) in [6.45, 7) is 1.64. The van der Waals surface area contributed by atoms with Gasteiger partial charge in [-0.25, -0.2) is 4.98 Å². The molecule has 146 valence electrons. The molecule has 1 saturated carbocycles. The lowest BCUT2D eigenvalue weighted by atomic mass is 10.1. The van der Waals surface area contributed by atoms with Gasteiger partial charge in [0.15, 0.2) is 0 Å². The number of aryl methyl sites for hydroxylation is 1. The maximum absolute atomic E-state index is 13.2. The molecule has 1 aliphatic rings. The van der Waals surface area contributed by atoms with E-state index in [1.807, 2.05) is 29.6 Å². The maximum atomic E-state index is 13.2. The predicted molar refractivity (Wildman–Crippen MR) is 109 cm³/mol. The van der Waals surface area contributed by atoms with Gasteiger partial charge in [0.25, 0.3) is 5.56 Å². The van der Waals surface area contributed by atoms with E-state index in [2.05, 4.69) is 4.98 Å². The van der Waals surface area contributed by atoms with Crippen molar-refractivity contribution in [3.05, 3.63) is 45.8 Å². The number of nitrogens with zero attached hydrogens (tertiary/aromatic N) is 2. The van der Waals surface area contributed by atoms with Crippen molar-refractivity contribution in [3.63, 3.8) is 0 Å². The van der Waals surface area contributed by atoms with Crippen LogP contribution in [0, 0.1) is 6.92 Å². The summed E-state index contributed by atoms with van der Waals surface area (Å²) in [6.07, 6.45) is 3.97. The van der Waals surface area contributed by atoms with Crippen LogP contribution in [-0.4, -0.2) is 28.7 Å². The molecule has 0 atom stereocenters. The van der Waals surface area contributed by atoms with E-state index in [0.29, 0.717) is 16.0 Å². The fraction of sp³-hybridized carbons (Fsp3) is 0.381. The molecular formula is C21H22N2O4S. The third-order valence-corrected chi connectivity index (χ3v) is 6.05. The van der Waals surface area contributed by atoms with Gasteiger partial charge in [0.1, 0.15) is 29.1 Å². The van der Waals surface area contributed by atoms with Crippen molar-refractivity contribution >= 4 is 27.5 Å². The smallest absolute Gasteiger partial charge is 0.326 e. The van der Waals surface area contributed by atoms with Gasteiger partial charge in [0, 0.05) is 10.9 Å². The van der Waals surface area contributed by atoms with Crippen LogP contribution in [0.15, 0.2) is 34.4 Å². The molecule has 0 radical (unpaired) electrons. The number of hydrogen-bond acceptors (Lipinski definition) is 6. The van der Waals surface area contributed by atoms with E-state index in [-0.39, 0.29) is 24.2 Å². The highest BCUT2D eigenvalue weighted by Crippen LogP contribution is 2.32. The lowest BCUT2D eigenvalue weighted by Crippen LogP contribution is -2.29. The molecule has 1 fully saturated rings. The van der Waals surface area contributed by atoms with Gasteiger partial charge < -0.3 is 9.47 Å². The first-order chi connectivity index (χ1) is 13.6. The first-order valence-corrected chi connectivity index (χ1v) is 10.3. The number of thiophene rings is 1. The van der Waals surface area contributed by atoms with Crippen molar-refractivity contribution in [2.45, 2.75) is 45.3 Å². The lowest BCUT2D eigenvalue weighted by molar-refractivity contribution is -0.149. The summed E-state index contributed by atoms with van der Waals surface area (Å²) in [7, 11) is 1.62. The van der Waals surface area contributed by atoms with Crippen LogP contribution >= 0.6 is 11.3 Å². The third-order valence-electron chi connectivity index (χ3n) is 5.17. The third kappa shape index (κ3) is 3.54. The molecule has 28 heavy (non-hydrogen) atoms. The molecular weight excluding hydrogens is 376 g/mol. The summed E-state index contributed by atoms with van der Waals surface area (Å²) in [5.41, 5.74) is 1.52. The molecule has 0 saturated heterocycles. The largest absolute Gasteiger partial charge is 0.497 e. The number of aromatic nitrogens is 2. The average molecular weight is 398 g/mol. The van der Waals surface area contributed by atoms with Crippen LogP contribution in [0.2, 0.25) is 0 Å². The predicted octanol–water partition coefficient (Wildman–Crippen LogP) is 3.93. The Labute approximate surface area is 166 Å². The quantitative estimate of drug-likeness (QED) is 0.609. The van der Waals surface area contributed by atoms with E-state index in [1.54, 1.807) is 14.0 Å². The van der Waals surface area contributed by atoms with Gasteiger partial charge in [-0.3, -0.25) is 14.2 Å². The van der Waals surface area contributed by atoms with Gasteiger partial charge in [-0.05, 0) is 50.3 Å². The second-order valence-corrected chi connectivity index (χ2v) is 7.86. The Morgan fingerprint density at radius 1 is 1.25 bits per heavy atom. The molecule has 1 aliphatic carbocycles. The minimum absolute atomic E-state index is 0.0174. The molecule has 1 aromatic carbocycles. The first-order valence-electron chi connectivity index (χ1n) is 9.39. The Morgan fingerprint density at radius 3 is 2.64 bits per heavy atom. The molecule has 3 aromatic rings. The fourth-order valence-corrected chi connectivity index (χ4v) is 4.64. The van der Waals surface area contributed by atoms with E-state index < -0.39 is 0 Å². The second kappa shape index (κ2) is 7.75. The second-order valence-electron chi connectivity index (χ2n) is 7.00. The van der Waals surface area contributed by atoms with Gasteiger partial charge in [-0.1, -0.05) is 12.1 Å². The average Bonchev–Trinajstić information content (AvgIpc) is 3.35. The molecule has 0 amide bonds. The van der Waals surface area contributed by atoms with Crippen LogP contribution < -0.4 is 10.3 Å². The number of esters is 1. The SMILES string of the molecule is COc1ccc(-c2csc3nc(C)n(CC(=O)OC4CCCC4)c(=O)c23)cc1. The zero-order valence-electron chi connectivity index (χ0n) is 15.9. The number of methoxy groups -OCH3 is 1. The standard InChI is InChI=1S/C21H22N2O4S/c1-13-22-20-19(17(12-28-20)14-7-9-15(26-2)10-8-14)21(25)23(13)11-18(24)27-16-5-3-4-6-16/h7-10,12,16H,3-6,11H2,1-2H3. The first kappa shape index (κ1) is 18.7. The molecule has 0 bridgehead atoms. The highest BCUT2D eigenvalue weighted by molar-refractivity contribution is 7.17. The minimum atomic E-state index is -0.375. The van der Waals surface area contributed by atoms with Crippen LogP contribution in [0.3, 0.4) is 0 Å². The zero-order chi connectivity index (χ0) is 19.7. The molecule has 0 unspecified atom stereocenters. The van der Waals surface area contributed by atoms with Crippen molar-refractivity contribution in [2.75, 3.05) is 7.11 Å². The topological polar surface area (TPSA) is 70.4 Å². The van der Waals surface area contributed by atoms with Gasteiger partial charge in [0.05, 0.1) is 12.5 Å². The zero-order valence-corrected chi connectivity index (χ0v) is 16.8. The van der Waals surface area contributed by atoms with Crippen LogP contribution in [0.4, 0.5) is 0 Å². The van der Waals surface area contributed by atoms with Gasteiger partial charge >= 0.3 is 5.97 Å². The monoisotopic (exact) mass is 398 g/mol. The van der Waals surface area contributed by atoms with Gasteiger partial charge in [0.2, 0.25) is 0 Å². The summed E-state index contributed by atoms with van der Waals surface area (Å²) in [6, 6.07) is 7.55. The summed E-state index contributed by atoms with van der Waals surface area (Å²) in [5, 5.41) is 2.47. The number of carbonyl (C=O) groups is 1. The summed E-state index contributed by atoms with van der Waals surface area (Å²) >= 11 is 1.43. The van der Waals surface area contributed by atoms with Gasteiger partial charge in [-0.2, -0.15) is 0 Å². The molecule has 0 N–H and O–H groups in total. The molecule has 0 spiro atoms. The van der Waals surface area contributed by atoms with Crippen molar-refractivity contribution < 1.29 is 14.3 Å². The Balaban J connectivity index is 1.69. The summed E-state index contributed by atoms with van der Waals surface area (Å²) in [4.78, 5) is 30.8. The Hall–Kier alpha value is -2.67.